The zero-order chi connectivity index (χ0) is 17.8. The van der Waals surface area contributed by atoms with E-state index in [9.17, 15) is 4.79 Å². The van der Waals surface area contributed by atoms with Crippen LogP contribution in [0.1, 0.15) is 0 Å². The molecule has 0 saturated carbocycles. The van der Waals surface area contributed by atoms with Gasteiger partial charge in [-0.3, -0.25) is 4.79 Å². The maximum absolute atomic E-state index is 13.1. The topological polar surface area (TPSA) is 92.3 Å². The molecule has 1 aromatic heterocycles. The van der Waals surface area contributed by atoms with E-state index < -0.39 is 0 Å². The summed E-state index contributed by atoms with van der Waals surface area (Å²) in [6.45, 7) is 5.82. The highest BCUT2D eigenvalue weighted by molar-refractivity contribution is 6.06. The third kappa shape index (κ3) is 3.09. The van der Waals surface area contributed by atoms with E-state index in [1.807, 2.05) is 34.9 Å². The van der Waals surface area contributed by atoms with Crippen molar-refractivity contribution in [2.45, 2.75) is 0 Å². The number of aromatic nitrogens is 1. The molecule has 0 saturated heterocycles. The van der Waals surface area contributed by atoms with Gasteiger partial charge in [0.05, 0.1) is 28.7 Å². The summed E-state index contributed by atoms with van der Waals surface area (Å²) in [6, 6.07) is 11.1. The predicted octanol–water partition coefficient (Wildman–Crippen LogP) is 1.83. The van der Waals surface area contributed by atoms with Crippen molar-refractivity contribution in [3.8, 4) is 0 Å². The standard InChI is InChI=1S/C19H22N4O2/c1-2-23-16-6-4-3-5-13(16)19(25)17-15(8-7-14(20)18(17)23)22-10-9-21-11-12-24/h2-8,21-22,24H,1,9-12,20H2. The van der Waals surface area contributed by atoms with Crippen LogP contribution in [0.3, 0.4) is 0 Å². The fourth-order valence-corrected chi connectivity index (χ4v) is 3.05. The fourth-order valence-electron chi connectivity index (χ4n) is 3.05. The fraction of sp³-hybridized carbons (Fsp3) is 0.211. The van der Waals surface area contributed by atoms with Crippen molar-refractivity contribution >= 4 is 39.4 Å². The minimum absolute atomic E-state index is 0.0539. The molecule has 3 rings (SSSR count). The molecule has 0 radical (unpaired) electrons. The molecule has 3 aromatic rings. The summed E-state index contributed by atoms with van der Waals surface area (Å²) in [7, 11) is 0. The van der Waals surface area contributed by atoms with Gasteiger partial charge >= 0.3 is 0 Å². The average molecular weight is 338 g/mol. The van der Waals surface area contributed by atoms with Crippen molar-refractivity contribution in [1.82, 2.24) is 9.88 Å². The van der Waals surface area contributed by atoms with Gasteiger partial charge in [-0.05, 0) is 24.3 Å². The zero-order valence-electron chi connectivity index (χ0n) is 14.0. The molecule has 0 aliphatic rings. The first-order valence-corrected chi connectivity index (χ1v) is 8.22. The molecular formula is C19H22N4O2. The summed E-state index contributed by atoms with van der Waals surface area (Å²) < 4.78 is 1.86. The molecule has 2 aromatic carbocycles. The Bertz CT molecular complexity index is 978. The summed E-state index contributed by atoms with van der Waals surface area (Å²) in [5, 5.41) is 16.4. The Balaban J connectivity index is 2.17. The lowest BCUT2D eigenvalue weighted by atomic mass is 10.1. The molecule has 6 heteroatoms. The Morgan fingerprint density at radius 3 is 2.72 bits per heavy atom. The number of hydrogen-bond acceptors (Lipinski definition) is 5. The van der Waals surface area contributed by atoms with Crippen LogP contribution in [-0.4, -0.2) is 35.9 Å². The van der Waals surface area contributed by atoms with Gasteiger partial charge in [-0.15, -0.1) is 0 Å². The maximum Gasteiger partial charge on any atom is 0.199 e. The minimum atomic E-state index is -0.0539. The van der Waals surface area contributed by atoms with E-state index in [2.05, 4.69) is 17.2 Å². The van der Waals surface area contributed by atoms with E-state index in [-0.39, 0.29) is 12.0 Å². The molecule has 0 atom stereocenters. The van der Waals surface area contributed by atoms with Crippen LogP contribution in [0.2, 0.25) is 0 Å². The summed E-state index contributed by atoms with van der Waals surface area (Å²) in [6.07, 6.45) is 1.67. The third-order valence-corrected chi connectivity index (χ3v) is 4.17. The SMILES string of the molecule is C=Cn1c2ccccc2c(=O)c2c(NCCNCCO)ccc(N)c21. The number of nitrogen functional groups attached to an aromatic ring is 1. The van der Waals surface area contributed by atoms with Crippen LogP contribution in [0.4, 0.5) is 11.4 Å². The number of fused-ring (bicyclic) bond motifs is 2. The van der Waals surface area contributed by atoms with Crippen molar-refractivity contribution in [2.24, 2.45) is 0 Å². The molecule has 5 N–H and O–H groups in total. The summed E-state index contributed by atoms with van der Waals surface area (Å²) >= 11 is 0. The number of nitrogens with two attached hydrogens (primary N) is 1. The quantitative estimate of drug-likeness (QED) is 0.300. The number of anilines is 2. The highest BCUT2D eigenvalue weighted by atomic mass is 16.3. The number of hydrogen-bond donors (Lipinski definition) is 4. The van der Waals surface area contributed by atoms with Gasteiger partial charge in [-0.1, -0.05) is 18.7 Å². The van der Waals surface area contributed by atoms with E-state index in [0.29, 0.717) is 41.6 Å². The third-order valence-electron chi connectivity index (χ3n) is 4.17. The molecule has 6 nitrogen and oxygen atoms in total. The molecule has 1 heterocycles. The Morgan fingerprint density at radius 1 is 1.16 bits per heavy atom. The summed E-state index contributed by atoms with van der Waals surface area (Å²) in [5.74, 6) is 0. The smallest absolute Gasteiger partial charge is 0.199 e. The van der Waals surface area contributed by atoms with Gasteiger partial charge in [-0.25, -0.2) is 0 Å². The van der Waals surface area contributed by atoms with Crippen LogP contribution < -0.4 is 21.8 Å². The second-order valence-electron chi connectivity index (χ2n) is 5.73. The Morgan fingerprint density at radius 2 is 1.96 bits per heavy atom. The minimum Gasteiger partial charge on any atom is -0.397 e. The summed E-state index contributed by atoms with van der Waals surface area (Å²) in [5.41, 5.74) is 8.83. The van der Waals surface area contributed by atoms with Crippen LogP contribution in [0.25, 0.3) is 28.0 Å². The van der Waals surface area contributed by atoms with Crippen LogP contribution in [0.15, 0.2) is 47.8 Å². The lowest BCUT2D eigenvalue weighted by Crippen LogP contribution is -2.25. The number of nitrogens with zero attached hydrogens (tertiary/aromatic N) is 1. The highest BCUT2D eigenvalue weighted by Gasteiger charge is 2.14. The lowest BCUT2D eigenvalue weighted by molar-refractivity contribution is 0.293. The average Bonchev–Trinajstić information content (AvgIpc) is 2.64. The summed E-state index contributed by atoms with van der Waals surface area (Å²) in [4.78, 5) is 13.1. The van der Waals surface area contributed by atoms with Crippen molar-refractivity contribution in [1.29, 1.82) is 0 Å². The number of para-hydroxylation sites is 1. The zero-order valence-corrected chi connectivity index (χ0v) is 14.0. The molecule has 0 fully saturated rings. The van der Waals surface area contributed by atoms with Crippen LogP contribution >= 0.6 is 0 Å². The van der Waals surface area contributed by atoms with Gasteiger partial charge in [0, 0.05) is 36.9 Å². The first-order valence-electron chi connectivity index (χ1n) is 8.22. The van der Waals surface area contributed by atoms with Crippen molar-refractivity contribution in [3.63, 3.8) is 0 Å². The van der Waals surface area contributed by atoms with Gasteiger partial charge in [0.25, 0.3) is 0 Å². The number of aliphatic hydroxyl groups is 1. The number of pyridine rings is 1. The molecule has 0 bridgehead atoms. The van der Waals surface area contributed by atoms with Gasteiger partial charge < -0.3 is 26.0 Å². The van der Waals surface area contributed by atoms with E-state index in [4.69, 9.17) is 10.8 Å². The lowest BCUT2D eigenvalue weighted by Gasteiger charge is -2.16. The maximum atomic E-state index is 13.1. The largest absolute Gasteiger partial charge is 0.397 e. The number of nitrogens with one attached hydrogen (secondary N) is 2. The van der Waals surface area contributed by atoms with Gasteiger partial charge in [0.2, 0.25) is 0 Å². The van der Waals surface area contributed by atoms with E-state index >= 15 is 0 Å². The molecular weight excluding hydrogens is 316 g/mol. The molecule has 0 aliphatic heterocycles. The van der Waals surface area contributed by atoms with E-state index in [0.717, 1.165) is 11.2 Å². The second-order valence-corrected chi connectivity index (χ2v) is 5.73. The predicted molar refractivity (Wildman–Crippen MR) is 105 cm³/mol. The number of aliphatic hydroxyl groups excluding tert-OH is 1. The first-order chi connectivity index (χ1) is 12.2. The Hall–Kier alpha value is -2.83. The van der Waals surface area contributed by atoms with Gasteiger partial charge in [0.1, 0.15) is 0 Å². The highest BCUT2D eigenvalue weighted by Crippen LogP contribution is 2.29. The number of rotatable bonds is 7. The van der Waals surface area contributed by atoms with Gasteiger partial charge in [0.15, 0.2) is 5.43 Å². The van der Waals surface area contributed by atoms with Crippen molar-refractivity contribution in [3.05, 3.63) is 53.2 Å². The number of benzene rings is 2. The normalized spacial score (nSPS) is 11.1. The Labute approximate surface area is 145 Å². The van der Waals surface area contributed by atoms with Crippen LogP contribution in [0, 0.1) is 0 Å². The molecule has 0 spiro atoms. The van der Waals surface area contributed by atoms with Gasteiger partial charge in [-0.2, -0.15) is 0 Å². The molecule has 0 amide bonds. The van der Waals surface area contributed by atoms with Crippen LogP contribution in [0.5, 0.6) is 0 Å². The molecule has 0 unspecified atom stereocenters. The van der Waals surface area contributed by atoms with Crippen molar-refractivity contribution in [2.75, 3.05) is 37.3 Å². The molecule has 130 valence electrons. The second kappa shape index (κ2) is 7.38. The monoisotopic (exact) mass is 338 g/mol. The van der Waals surface area contributed by atoms with Crippen molar-refractivity contribution < 1.29 is 5.11 Å². The Kier molecular flexibility index (Phi) is 5.02. The van der Waals surface area contributed by atoms with E-state index in [1.165, 1.54) is 0 Å². The first kappa shape index (κ1) is 17.0. The van der Waals surface area contributed by atoms with E-state index in [1.54, 1.807) is 12.3 Å². The van der Waals surface area contributed by atoms with Crippen LogP contribution in [-0.2, 0) is 0 Å². The molecule has 25 heavy (non-hydrogen) atoms. The molecule has 0 aliphatic carbocycles.